The molecule has 0 aliphatic heterocycles. The van der Waals surface area contributed by atoms with Crippen molar-refractivity contribution in [3.05, 3.63) is 23.3 Å². The van der Waals surface area contributed by atoms with E-state index in [-0.39, 0.29) is 16.2 Å². The molecule has 1 aromatic rings. The van der Waals surface area contributed by atoms with Gasteiger partial charge >= 0.3 is 0 Å². The Morgan fingerprint density at radius 1 is 1.24 bits per heavy atom. The molecule has 0 amide bonds. The third-order valence-electron chi connectivity index (χ3n) is 2.11. The van der Waals surface area contributed by atoms with Crippen LogP contribution < -0.4 is 0 Å². The molecule has 0 spiro atoms. The van der Waals surface area contributed by atoms with Gasteiger partial charge in [-0.25, -0.2) is 16.8 Å². The van der Waals surface area contributed by atoms with Crippen LogP contribution in [0.15, 0.2) is 17.0 Å². The fourth-order valence-corrected chi connectivity index (χ4v) is 3.41. The Bertz CT molecular complexity index is 646. The monoisotopic (exact) mass is 298 g/mol. The van der Waals surface area contributed by atoms with Crippen LogP contribution in [0.4, 0.5) is 0 Å². The van der Waals surface area contributed by atoms with Crippen molar-refractivity contribution in [3.63, 3.8) is 0 Å². The molecule has 96 valence electrons. The molecule has 0 radical (unpaired) electrons. The fourth-order valence-electron chi connectivity index (χ4n) is 1.36. The molecular weight excluding hydrogens is 288 g/mol. The Balaban J connectivity index is 3.53. The van der Waals surface area contributed by atoms with Gasteiger partial charge in [0.2, 0.25) is 9.05 Å². The highest BCUT2D eigenvalue weighted by molar-refractivity contribution is 8.13. The van der Waals surface area contributed by atoms with Crippen molar-refractivity contribution in [2.24, 2.45) is 0 Å². The smallest absolute Gasteiger partial charge is 0.236 e. The minimum absolute atomic E-state index is 0.0365. The van der Waals surface area contributed by atoms with E-state index in [1.165, 1.54) is 13.0 Å². The third-order valence-corrected chi connectivity index (χ3v) is 4.27. The topological polar surface area (TPSA) is 88.5 Å². The lowest BCUT2D eigenvalue weighted by Crippen LogP contribution is -2.06. The van der Waals surface area contributed by atoms with Gasteiger partial charge < -0.3 is 5.11 Å². The lowest BCUT2D eigenvalue weighted by atomic mass is 10.1. The summed E-state index contributed by atoms with van der Waals surface area (Å²) in [6.45, 7) is 1.52. The van der Waals surface area contributed by atoms with Gasteiger partial charge in [-0.15, -0.1) is 0 Å². The van der Waals surface area contributed by atoms with Crippen LogP contribution >= 0.6 is 10.7 Å². The summed E-state index contributed by atoms with van der Waals surface area (Å²) in [6, 6.07) is 2.33. The minimum atomic E-state index is -3.89. The summed E-state index contributed by atoms with van der Waals surface area (Å²) in [5, 5.41) is 9.45. The highest BCUT2D eigenvalue weighted by Gasteiger charge is 2.19. The van der Waals surface area contributed by atoms with Gasteiger partial charge in [0.15, 0.2) is 9.84 Å². The molecule has 1 aromatic carbocycles. The van der Waals surface area contributed by atoms with E-state index in [2.05, 4.69) is 0 Å². The number of rotatable bonds is 3. The average Bonchev–Trinajstić information content (AvgIpc) is 2.06. The van der Waals surface area contributed by atoms with E-state index in [0.29, 0.717) is 5.56 Å². The summed E-state index contributed by atoms with van der Waals surface area (Å²) < 4.78 is 44.9. The zero-order valence-corrected chi connectivity index (χ0v) is 11.5. The number of sulfone groups is 1. The van der Waals surface area contributed by atoms with Gasteiger partial charge in [-0.2, -0.15) is 0 Å². The number of hydrogen-bond acceptors (Lipinski definition) is 5. The van der Waals surface area contributed by atoms with Gasteiger partial charge in [-0.05, 0) is 30.2 Å². The SMILES string of the molecule is Cc1cc(S(C)(=O)=O)c(CS(=O)(=O)Cl)cc1O. The highest BCUT2D eigenvalue weighted by Crippen LogP contribution is 2.27. The molecule has 0 atom stereocenters. The number of phenols is 1. The summed E-state index contributed by atoms with van der Waals surface area (Å²) in [6.07, 6.45) is 0.961. The minimum Gasteiger partial charge on any atom is -0.508 e. The van der Waals surface area contributed by atoms with Gasteiger partial charge in [-0.1, -0.05) is 0 Å². The number of aromatic hydroxyl groups is 1. The molecule has 1 rings (SSSR count). The summed E-state index contributed by atoms with van der Waals surface area (Å²) in [7, 11) is -2.39. The third kappa shape index (κ3) is 3.86. The van der Waals surface area contributed by atoms with E-state index in [1.807, 2.05) is 0 Å². The maximum atomic E-state index is 11.5. The maximum Gasteiger partial charge on any atom is 0.236 e. The molecule has 0 aliphatic carbocycles. The second kappa shape index (κ2) is 4.47. The molecule has 5 nitrogen and oxygen atoms in total. The van der Waals surface area contributed by atoms with Crippen LogP contribution in [0.5, 0.6) is 5.75 Å². The Hall–Kier alpha value is -0.790. The second-order valence-electron chi connectivity index (χ2n) is 3.70. The summed E-state index contributed by atoms with van der Waals surface area (Å²) in [5.41, 5.74) is 0.312. The van der Waals surface area contributed by atoms with Crippen molar-refractivity contribution in [3.8, 4) is 5.75 Å². The number of benzene rings is 1. The van der Waals surface area contributed by atoms with Crippen LogP contribution in [0.3, 0.4) is 0 Å². The standard InChI is InChI=1S/C9H11ClO5S2/c1-6-3-9(16(2,12)13)7(4-8(6)11)5-17(10,14)15/h3-4,11H,5H2,1-2H3. The molecule has 1 N–H and O–H groups in total. The van der Waals surface area contributed by atoms with Crippen LogP contribution in [0.2, 0.25) is 0 Å². The highest BCUT2D eigenvalue weighted by atomic mass is 35.7. The molecule has 0 fully saturated rings. The van der Waals surface area contributed by atoms with Gasteiger partial charge in [-0.3, -0.25) is 0 Å². The van der Waals surface area contributed by atoms with Crippen molar-refractivity contribution in [1.82, 2.24) is 0 Å². The quantitative estimate of drug-likeness (QED) is 0.846. The Labute approximate surface area is 104 Å². The van der Waals surface area contributed by atoms with Crippen LogP contribution in [-0.4, -0.2) is 28.2 Å². The predicted molar refractivity (Wildman–Crippen MR) is 64.4 cm³/mol. The lowest BCUT2D eigenvalue weighted by Gasteiger charge is -2.09. The molecule has 0 heterocycles. The Morgan fingerprint density at radius 2 is 1.76 bits per heavy atom. The van der Waals surface area contributed by atoms with Gasteiger partial charge in [0.05, 0.1) is 10.6 Å². The van der Waals surface area contributed by atoms with E-state index in [4.69, 9.17) is 10.7 Å². The van der Waals surface area contributed by atoms with Gasteiger partial charge in [0.1, 0.15) is 5.75 Å². The first-order chi connectivity index (χ1) is 7.50. The number of hydrogen-bond donors (Lipinski definition) is 1. The van der Waals surface area contributed by atoms with Crippen molar-refractivity contribution in [2.75, 3.05) is 6.26 Å². The van der Waals surface area contributed by atoms with E-state index >= 15 is 0 Å². The summed E-state index contributed by atoms with van der Waals surface area (Å²) >= 11 is 0. The van der Waals surface area contributed by atoms with Crippen molar-refractivity contribution < 1.29 is 21.9 Å². The lowest BCUT2D eigenvalue weighted by molar-refractivity contribution is 0.470. The normalized spacial score (nSPS) is 12.6. The Kier molecular flexibility index (Phi) is 3.75. The Morgan fingerprint density at radius 3 is 2.18 bits per heavy atom. The maximum absolute atomic E-state index is 11.5. The predicted octanol–water partition coefficient (Wildman–Crippen LogP) is 1.17. The fraction of sp³-hybridized carbons (Fsp3) is 0.333. The first-order valence-electron chi connectivity index (χ1n) is 4.45. The first-order valence-corrected chi connectivity index (χ1v) is 8.82. The molecule has 8 heteroatoms. The number of aryl methyl sites for hydroxylation is 1. The van der Waals surface area contributed by atoms with Crippen molar-refractivity contribution in [1.29, 1.82) is 0 Å². The molecule has 17 heavy (non-hydrogen) atoms. The van der Waals surface area contributed by atoms with Gasteiger partial charge in [0, 0.05) is 16.9 Å². The molecule has 0 saturated carbocycles. The zero-order chi connectivity index (χ0) is 13.4. The molecule has 0 saturated heterocycles. The van der Waals surface area contributed by atoms with E-state index < -0.39 is 24.6 Å². The molecule has 0 unspecified atom stereocenters. The molecule has 0 aliphatic rings. The van der Waals surface area contributed by atoms with Crippen LogP contribution in [0, 0.1) is 6.92 Å². The average molecular weight is 299 g/mol. The van der Waals surface area contributed by atoms with E-state index in [0.717, 1.165) is 12.3 Å². The van der Waals surface area contributed by atoms with Gasteiger partial charge in [0.25, 0.3) is 0 Å². The summed E-state index contributed by atoms with van der Waals surface area (Å²) in [5.74, 6) is -0.821. The molecule has 0 bridgehead atoms. The largest absolute Gasteiger partial charge is 0.508 e. The van der Waals surface area contributed by atoms with Crippen LogP contribution in [0.1, 0.15) is 11.1 Å². The number of halogens is 1. The van der Waals surface area contributed by atoms with E-state index in [9.17, 15) is 21.9 Å². The van der Waals surface area contributed by atoms with Crippen LogP contribution in [0.25, 0.3) is 0 Å². The summed E-state index contributed by atoms with van der Waals surface area (Å²) in [4.78, 5) is -0.142. The van der Waals surface area contributed by atoms with Crippen molar-refractivity contribution in [2.45, 2.75) is 17.6 Å². The van der Waals surface area contributed by atoms with Crippen LogP contribution in [-0.2, 0) is 24.6 Å². The van der Waals surface area contributed by atoms with E-state index in [1.54, 1.807) is 0 Å². The number of phenolic OH excluding ortho intramolecular Hbond substituents is 1. The van der Waals surface area contributed by atoms with Crippen molar-refractivity contribution >= 4 is 29.6 Å². The molecular formula is C9H11ClO5S2. The first kappa shape index (κ1) is 14.3. The second-order valence-corrected chi connectivity index (χ2v) is 8.46. The molecule has 0 aromatic heterocycles. The zero-order valence-electron chi connectivity index (χ0n) is 9.14.